The van der Waals surface area contributed by atoms with E-state index < -0.39 is 17.2 Å². The minimum atomic E-state index is -0.893. The van der Waals surface area contributed by atoms with E-state index in [1.807, 2.05) is 33.3 Å². The molecule has 5 aromatic rings. The molecule has 1 aliphatic rings. The monoisotopic (exact) mass is 615 g/mol. The summed E-state index contributed by atoms with van der Waals surface area (Å²) in [7, 11) is 0. The minimum Gasteiger partial charge on any atom is -0.388 e. The van der Waals surface area contributed by atoms with Crippen LogP contribution in [0.5, 0.6) is 0 Å². The van der Waals surface area contributed by atoms with Gasteiger partial charge in [-0.15, -0.1) is 0 Å². The Kier molecular flexibility index (Phi) is 8.56. The lowest BCUT2D eigenvalue weighted by Crippen LogP contribution is -2.36. The van der Waals surface area contributed by atoms with E-state index in [0.717, 1.165) is 43.4 Å². The average molecular weight is 616 g/mol. The highest BCUT2D eigenvalue weighted by molar-refractivity contribution is 5.80. The number of hydrogen-bond acceptors (Lipinski definition) is 7. The molecule has 10 nitrogen and oxygen atoms in total. The molecule has 0 amide bonds. The average Bonchev–Trinajstić information content (AvgIpc) is 3.68. The second-order valence-corrected chi connectivity index (χ2v) is 12.5. The normalized spacial score (nSPS) is 17.3. The van der Waals surface area contributed by atoms with Gasteiger partial charge in [0.25, 0.3) is 5.56 Å². The van der Waals surface area contributed by atoms with Gasteiger partial charge in [0.05, 0.1) is 30.2 Å². The molecule has 3 aromatic heterocycles. The van der Waals surface area contributed by atoms with Crippen molar-refractivity contribution in [3.05, 3.63) is 98.3 Å². The maximum absolute atomic E-state index is 15.9. The molecule has 0 radical (unpaired) electrons. The molecular weight excluding hydrogens is 577 g/mol. The van der Waals surface area contributed by atoms with Gasteiger partial charge in [-0.1, -0.05) is 54.9 Å². The molecule has 1 fully saturated rings. The van der Waals surface area contributed by atoms with E-state index in [2.05, 4.69) is 26.7 Å². The Labute approximate surface area is 259 Å². The standard InChI is InChI=1S/C34H38FN5O5/c1-4-7-29-27(18-22-11-10-21(19-28(22)35)25-8-5-6-9-26(25)31-37-33(42)45-38-31)32(41)39(30-16-17-36-40(29)30)23-12-14-24(15-13-23)44-20-34(2,3)43/h5-6,8-11,16-17,19,23-24,43H,4,7,12-15,18,20H2,1-3H3,(H,37,38,42)/t23-,24-. The number of aliphatic hydroxyl groups is 1. The summed E-state index contributed by atoms with van der Waals surface area (Å²) in [5, 5.41) is 18.5. The van der Waals surface area contributed by atoms with Gasteiger partial charge in [0.1, 0.15) is 11.5 Å². The molecule has 2 N–H and O–H groups in total. The van der Waals surface area contributed by atoms with Crippen molar-refractivity contribution in [1.29, 1.82) is 0 Å². The molecule has 0 saturated heterocycles. The Morgan fingerprint density at radius 1 is 1.09 bits per heavy atom. The molecule has 0 spiro atoms. The highest BCUT2D eigenvalue weighted by Gasteiger charge is 2.29. The molecule has 2 aromatic carbocycles. The van der Waals surface area contributed by atoms with E-state index in [0.29, 0.717) is 34.2 Å². The van der Waals surface area contributed by atoms with E-state index in [4.69, 9.17) is 4.74 Å². The Bertz CT molecular complexity index is 1920. The summed E-state index contributed by atoms with van der Waals surface area (Å²) < 4.78 is 30.2. The van der Waals surface area contributed by atoms with Gasteiger partial charge in [0.2, 0.25) is 0 Å². The van der Waals surface area contributed by atoms with Crippen molar-refractivity contribution in [2.45, 2.75) is 83.5 Å². The topological polar surface area (TPSA) is 128 Å². The molecule has 3 heterocycles. The lowest BCUT2D eigenvalue weighted by molar-refractivity contribution is -0.0654. The van der Waals surface area contributed by atoms with Crippen LogP contribution in [0.4, 0.5) is 4.39 Å². The molecule has 0 atom stereocenters. The van der Waals surface area contributed by atoms with Crippen LogP contribution in [-0.2, 0) is 17.6 Å². The summed E-state index contributed by atoms with van der Waals surface area (Å²) in [6.07, 6.45) is 6.36. The SMILES string of the molecule is CCCc1c(Cc2ccc(-c3ccccc3-c3noc(=O)[nH]3)cc2F)c(=O)n([C@H]2CC[C@H](OCC(C)(C)O)CC2)c2ccnn12. The number of rotatable bonds is 10. The van der Waals surface area contributed by atoms with Crippen molar-refractivity contribution in [3.8, 4) is 22.5 Å². The number of nitrogens with one attached hydrogen (secondary N) is 1. The van der Waals surface area contributed by atoms with Crippen molar-refractivity contribution < 1.29 is 18.8 Å². The van der Waals surface area contributed by atoms with Crippen molar-refractivity contribution in [3.63, 3.8) is 0 Å². The van der Waals surface area contributed by atoms with Crippen molar-refractivity contribution in [2.24, 2.45) is 0 Å². The fourth-order valence-corrected chi connectivity index (χ4v) is 6.34. The molecule has 0 bridgehead atoms. The maximum atomic E-state index is 15.9. The first-order valence-corrected chi connectivity index (χ1v) is 15.5. The van der Waals surface area contributed by atoms with Gasteiger partial charge in [-0.2, -0.15) is 5.10 Å². The molecule has 11 heteroatoms. The zero-order valence-corrected chi connectivity index (χ0v) is 25.8. The summed E-state index contributed by atoms with van der Waals surface area (Å²) in [5.41, 5.74) is 3.37. The lowest BCUT2D eigenvalue weighted by atomic mass is 9.92. The molecule has 236 valence electrons. The van der Waals surface area contributed by atoms with E-state index in [9.17, 15) is 14.7 Å². The smallest absolute Gasteiger partial charge is 0.388 e. The zero-order valence-electron chi connectivity index (χ0n) is 25.8. The van der Waals surface area contributed by atoms with E-state index in [1.165, 1.54) is 6.07 Å². The van der Waals surface area contributed by atoms with Gasteiger partial charge in [-0.25, -0.2) is 13.7 Å². The quantitative estimate of drug-likeness (QED) is 0.214. The number of aromatic amines is 1. The maximum Gasteiger partial charge on any atom is 0.439 e. The number of hydrogen-bond donors (Lipinski definition) is 2. The number of ether oxygens (including phenoxy) is 1. The van der Waals surface area contributed by atoms with Crippen molar-refractivity contribution in [1.82, 2.24) is 24.3 Å². The van der Waals surface area contributed by atoms with Gasteiger partial charge >= 0.3 is 5.76 Å². The fourth-order valence-electron chi connectivity index (χ4n) is 6.34. The van der Waals surface area contributed by atoms with Crippen LogP contribution in [0.2, 0.25) is 0 Å². The predicted molar refractivity (Wildman–Crippen MR) is 168 cm³/mol. The van der Waals surface area contributed by atoms with Gasteiger partial charge in [-0.3, -0.25) is 18.9 Å². The van der Waals surface area contributed by atoms with Crippen LogP contribution >= 0.6 is 0 Å². The van der Waals surface area contributed by atoms with Crippen LogP contribution in [0.25, 0.3) is 28.2 Å². The van der Waals surface area contributed by atoms with Crippen LogP contribution in [0.15, 0.2) is 68.8 Å². The number of aromatic nitrogens is 5. The first kappa shape index (κ1) is 30.7. The minimum absolute atomic E-state index is 0.0328. The molecule has 0 unspecified atom stereocenters. The van der Waals surface area contributed by atoms with Gasteiger partial charge in [0.15, 0.2) is 5.82 Å². The Morgan fingerprint density at radius 3 is 2.51 bits per heavy atom. The van der Waals surface area contributed by atoms with Gasteiger partial charge in [-0.05, 0) is 68.7 Å². The third-order valence-corrected chi connectivity index (χ3v) is 8.47. The number of aryl methyl sites for hydroxylation is 1. The number of benzene rings is 2. The van der Waals surface area contributed by atoms with Crippen LogP contribution in [0, 0.1) is 5.82 Å². The van der Waals surface area contributed by atoms with E-state index in [1.54, 1.807) is 38.2 Å². The molecule has 45 heavy (non-hydrogen) atoms. The van der Waals surface area contributed by atoms with E-state index in [-0.39, 0.29) is 36.6 Å². The molecule has 1 saturated carbocycles. The predicted octanol–water partition coefficient (Wildman–Crippen LogP) is 5.46. The number of nitrogens with zero attached hydrogens (tertiary/aromatic N) is 4. The van der Waals surface area contributed by atoms with Crippen LogP contribution in [-0.4, -0.2) is 47.7 Å². The molecule has 6 rings (SSSR count). The van der Waals surface area contributed by atoms with Crippen LogP contribution in [0.1, 0.15) is 75.7 Å². The Morgan fingerprint density at radius 2 is 1.84 bits per heavy atom. The van der Waals surface area contributed by atoms with Crippen LogP contribution < -0.4 is 11.3 Å². The van der Waals surface area contributed by atoms with Gasteiger partial charge in [0, 0.05) is 29.7 Å². The highest BCUT2D eigenvalue weighted by atomic mass is 19.1. The summed E-state index contributed by atoms with van der Waals surface area (Å²) >= 11 is 0. The summed E-state index contributed by atoms with van der Waals surface area (Å²) in [6, 6.07) is 14.0. The first-order chi connectivity index (χ1) is 21.6. The molecule has 1 aliphatic carbocycles. The number of fused-ring (bicyclic) bond motifs is 1. The van der Waals surface area contributed by atoms with Gasteiger partial charge < -0.3 is 9.84 Å². The molecule has 0 aliphatic heterocycles. The summed E-state index contributed by atoms with van der Waals surface area (Å²) in [5.74, 6) is -0.847. The Hall–Kier alpha value is -4.35. The first-order valence-electron chi connectivity index (χ1n) is 15.5. The second kappa shape index (κ2) is 12.6. The number of H-pyrrole nitrogens is 1. The van der Waals surface area contributed by atoms with Crippen LogP contribution in [0.3, 0.4) is 0 Å². The van der Waals surface area contributed by atoms with Crippen molar-refractivity contribution in [2.75, 3.05) is 6.61 Å². The molecular formula is C34H38FN5O5. The lowest BCUT2D eigenvalue weighted by Gasteiger charge is -2.32. The third kappa shape index (κ3) is 6.41. The summed E-state index contributed by atoms with van der Waals surface area (Å²) in [6.45, 7) is 5.77. The van der Waals surface area contributed by atoms with Crippen molar-refractivity contribution >= 4 is 5.65 Å². The zero-order chi connectivity index (χ0) is 31.7. The highest BCUT2D eigenvalue weighted by Crippen LogP contribution is 2.33. The fraction of sp³-hybridized carbons (Fsp3) is 0.412. The number of halogens is 1. The second-order valence-electron chi connectivity index (χ2n) is 12.5. The Balaban J connectivity index is 1.33. The summed E-state index contributed by atoms with van der Waals surface area (Å²) in [4.78, 5) is 28.4. The van der Waals surface area contributed by atoms with E-state index >= 15 is 4.39 Å². The third-order valence-electron chi connectivity index (χ3n) is 8.47. The largest absolute Gasteiger partial charge is 0.439 e.